The molecule has 8 aromatic rings. The molecule has 8 aromatic carbocycles. The second-order valence-electron chi connectivity index (χ2n) is 16.0. The first-order valence-corrected chi connectivity index (χ1v) is 20.8. The fraction of sp³-hybridized carbons (Fsp3) is 0. The first kappa shape index (κ1) is 34.3. The van der Waals surface area contributed by atoms with Gasteiger partial charge in [-0.25, -0.2) is 0 Å². The first-order chi connectivity index (χ1) is 29.7. The summed E-state index contributed by atoms with van der Waals surface area (Å²) in [6, 6.07) is 67.1. The summed E-state index contributed by atoms with van der Waals surface area (Å²) in [5.74, 6) is 0. The molecule has 278 valence electrons. The van der Waals surface area contributed by atoms with Gasteiger partial charge in [-0.2, -0.15) is 0 Å². The van der Waals surface area contributed by atoms with Gasteiger partial charge in [0.2, 0.25) is 0 Å². The Hall–Kier alpha value is -7.80. The van der Waals surface area contributed by atoms with E-state index in [1.165, 1.54) is 122 Å². The van der Waals surface area contributed by atoms with Gasteiger partial charge < -0.3 is 0 Å². The summed E-state index contributed by atoms with van der Waals surface area (Å²) < 4.78 is 0. The Labute approximate surface area is 351 Å². The predicted molar refractivity (Wildman–Crippen MR) is 254 cm³/mol. The third kappa shape index (κ3) is 5.61. The van der Waals surface area contributed by atoms with E-state index in [1.54, 1.807) is 0 Å². The summed E-state index contributed by atoms with van der Waals surface area (Å²) in [5.41, 5.74) is 27.9. The summed E-state index contributed by atoms with van der Waals surface area (Å²) in [4.78, 5) is 0. The maximum atomic E-state index is 2.40. The van der Waals surface area contributed by atoms with E-state index in [0.29, 0.717) is 0 Å². The van der Waals surface area contributed by atoms with Crippen LogP contribution in [0.1, 0.15) is 44.5 Å². The molecule has 0 unspecified atom stereocenters. The largest absolute Gasteiger partial charge is 0.0622 e. The van der Waals surface area contributed by atoms with Crippen LogP contribution in [0.25, 0.3) is 84.5 Å². The van der Waals surface area contributed by atoms with Gasteiger partial charge in [0.1, 0.15) is 0 Å². The molecule has 0 nitrogen and oxygen atoms in total. The highest BCUT2D eigenvalue weighted by Gasteiger charge is 2.27. The zero-order valence-electron chi connectivity index (χ0n) is 32.9. The SMILES string of the molecule is C1=CC=CC(=C2c3cc(-c4ccc(C=C5c6ccccc6-c6ccccc65)cc4)ccc3-c3ccc(-c4ccc(C=C5c6ccccc6-c6ccccc65)cc4)cc32)C=C1. The molecule has 0 fully saturated rings. The van der Waals surface area contributed by atoms with Crippen LogP contribution in [0.3, 0.4) is 0 Å². The van der Waals surface area contributed by atoms with Gasteiger partial charge in [-0.1, -0.05) is 206 Å². The van der Waals surface area contributed by atoms with E-state index in [0.717, 1.165) is 0 Å². The van der Waals surface area contributed by atoms with Crippen molar-refractivity contribution in [3.63, 3.8) is 0 Å². The van der Waals surface area contributed by atoms with Crippen molar-refractivity contribution in [1.29, 1.82) is 0 Å². The van der Waals surface area contributed by atoms with Crippen LogP contribution in [-0.2, 0) is 0 Å². The van der Waals surface area contributed by atoms with Crippen molar-refractivity contribution in [2.75, 3.05) is 0 Å². The number of hydrogen-bond donors (Lipinski definition) is 0. The number of benzene rings is 8. The molecular formula is C60H38. The molecule has 12 rings (SSSR count). The Kier molecular flexibility index (Phi) is 7.96. The minimum atomic E-state index is 1.20. The van der Waals surface area contributed by atoms with Crippen molar-refractivity contribution >= 4 is 28.9 Å². The number of allylic oxidation sites excluding steroid dienone is 7. The molecular weight excluding hydrogens is 721 g/mol. The maximum absolute atomic E-state index is 2.40. The van der Waals surface area contributed by atoms with Crippen molar-refractivity contribution in [3.8, 4) is 55.6 Å². The lowest BCUT2D eigenvalue weighted by Crippen LogP contribution is -1.89. The van der Waals surface area contributed by atoms with Gasteiger partial charge in [0.05, 0.1) is 0 Å². The molecule has 0 amide bonds. The van der Waals surface area contributed by atoms with Gasteiger partial charge in [-0.05, 0) is 147 Å². The molecule has 0 heteroatoms. The number of fused-ring (bicyclic) bond motifs is 9. The van der Waals surface area contributed by atoms with E-state index in [-0.39, 0.29) is 0 Å². The van der Waals surface area contributed by atoms with E-state index in [9.17, 15) is 0 Å². The lowest BCUT2D eigenvalue weighted by Gasteiger charge is -2.11. The standard InChI is InChI=1S/C60H38/c1-2-4-14-43(13-3-1)60-58-37-44(41-27-23-39(24-28-41)35-56-50-19-9-5-15-46(50)47-16-6-10-20-51(47)56)31-33-54(58)55-34-32-45(38-59(55)60)42-29-25-40(26-30-42)36-57-52-21-11-7-17-48(52)49-18-8-12-22-53(49)57/h1-38H. The Morgan fingerprint density at radius 2 is 0.567 bits per heavy atom. The van der Waals surface area contributed by atoms with Gasteiger partial charge in [0.15, 0.2) is 0 Å². The van der Waals surface area contributed by atoms with E-state index in [2.05, 4.69) is 231 Å². The summed E-state index contributed by atoms with van der Waals surface area (Å²) in [7, 11) is 0. The number of hydrogen-bond acceptors (Lipinski definition) is 0. The normalized spacial score (nSPS) is 13.7. The Morgan fingerprint density at radius 1 is 0.250 bits per heavy atom. The molecule has 0 spiro atoms. The molecule has 0 aromatic heterocycles. The third-order valence-corrected chi connectivity index (χ3v) is 12.6. The molecule has 0 saturated carbocycles. The van der Waals surface area contributed by atoms with Crippen molar-refractivity contribution in [1.82, 2.24) is 0 Å². The lowest BCUT2D eigenvalue weighted by atomic mass is 9.93. The van der Waals surface area contributed by atoms with Gasteiger partial charge >= 0.3 is 0 Å². The molecule has 0 aliphatic heterocycles. The van der Waals surface area contributed by atoms with Crippen LogP contribution < -0.4 is 0 Å². The summed E-state index contributed by atoms with van der Waals surface area (Å²) in [5, 5.41) is 0. The molecule has 4 aliphatic carbocycles. The summed E-state index contributed by atoms with van der Waals surface area (Å²) in [6.45, 7) is 0. The van der Waals surface area contributed by atoms with Gasteiger partial charge in [-0.3, -0.25) is 0 Å². The van der Waals surface area contributed by atoms with Crippen LogP contribution in [0, 0.1) is 0 Å². The average molecular weight is 759 g/mol. The highest BCUT2D eigenvalue weighted by molar-refractivity contribution is 6.08. The lowest BCUT2D eigenvalue weighted by molar-refractivity contribution is 1.57. The smallest absolute Gasteiger partial charge is 0.00259 e. The predicted octanol–water partition coefficient (Wildman–Crippen LogP) is 15.6. The molecule has 0 saturated heterocycles. The van der Waals surface area contributed by atoms with E-state index >= 15 is 0 Å². The van der Waals surface area contributed by atoms with Crippen molar-refractivity contribution < 1.29 is 0 Å². The fourth-order valence-corrected chi connectivity index (χ4v) is 9.75. The molecule has 0 atom stereocenters. The summed E-state index contributed by atoms with van der Waals surface area (Å²) in [6.07, 6.45) is 17.7. The molecule has 0 N–H and O–H groups in total. The second-order valence-corrected chi connectivity index (χ2v) is 16.0. The topological polar surface area (TPSA) is 0 Å². The highest BCUT2D eigenvalue weighted by atomic mass is 14.3. The van der Waals surface area contributed by atoms with E-state index in [1.807, 2.05) is 0 Å². The van der Waals surface area contributed by atoms with Crippen LogP contribution >= 0.6 is 0 Å². The van der Waals surface area contributed by atoms with Crippen molar-refractivity contribution in [3.05, 3.63) is 269 Å². The van der Waals surface area contributed by atoms with Crippen LogP contribution in [0.15, 0.2) is 224 Å². The minimum absolute atomic E-state index is 1.20. The van der Waals surface area contributed by atoms with Crippen LogP contribution in [0.5, 0.6) is 0 Å². The zero-order chi connectivity index (χ0) is 39.6. The Morgan fingerprint density at radius 3 is 0.933 bits per heavy atom. The quantitative estimate of drug-likeness (QED) is 0.168. The van der Waals surface area contributed by atoms with Crippen LogP contribution in [-0.4, -0.2) is 0 Å². The van der Waals surface area contributed by atoms with E-state index < -0.39 is 0 Å². The fourth-order valence-electron chi connectivity index (χ4n) is 9.75. The molecule has 0 heterocycles. The van der Waals surface area contributed by atoms with E-state index in [4.69, 9.17) is 0 Å². The maximum Gasteiger partial charge on any atom is -0.00259 e. The Balaban J connectivity index is 0.884. The average Bonchev–Trinajstić information content (AvgIpc) is 3.81. The molecule has 0 radical (unpaired) electrons. The highest BCUT2D eigenvalue weighted by Crippen LogP contribution is 2.50. The van der Waals surface area contributed by atoms with Gasteiger partial charge in [0.25, 0.3) is 0 Å². The van der Waals surface area contributed by atoms with Crippen molar-refractivity contribution in [2.24, 2.45) is 0 Å². The zero-order valence-corrected chi connectivity index (χ0v) is 32.9. The molecule has 0 bridgehead atoms. The molecule has 60 heavy (non-hydrogen) atoms. The van der Waals surface area contributed by atoms with Crippen molar-refractivity contribution in [2.45, 2.75) is 0 Å². The monoisotopic (exact) mass is 758 g/mol. The number of rotatable bonds is 4. The Bertz CT molecular complexity index is 2950. The molecule has 4 aliphatic rings. The third-order valence-electron chi connectivity index (χ3n) is 12.6. The first-order valence-electron chi connectivity index (χ1n) is 20.8. The summed E-state index contributed by atoms with van der Waals surface area (Å²) >= 11 is 0. The van der Waals surface area contributed by atoms with Gasteiger partial charge in [0, 0.05) is 0 Å². The second kappa shape index (κ2) is 13.9. The van der Waals surface area contributed by atoms with Crippen LogP contribution in [0.4, 0.5) is 0 Å². The van der Waals surface area contributed by atoms with Crippen LogP contribution in [0.2, 0.25) is 0 Å². The minimum Gasteiger partial charge on any atom is -0.0622 e. The van der Waals surface area contributed by atoms with Gasteiger partial charge in [-0.15, -0.1) is 0 Å².